The Morgan fingerprint density at radius 2 is 1.67 bits per heavy atom. The normalized spacial score (nSPS) is 10.4. The molecule has 0 fully saturated rings. The first-order valence-corrected chi connectivity index (χ1v) is 7.81. The van der Waals surface area contributed by atoms with Crippen LogP contribution >= 0.6 is 28.6 Å². The molecule has 4 nitrogen and oxygen atoms in total. The minimum absolute atomic E-state index is 0. The smallest absolute Gasteiger partial charge is 0.203 e. The van der Waals surface area contributed by atoms with Gasteiger partial charge in [0.25, 0.3) is 0 Å². The molecule has 2 aromatic carbocycles. The van der Waals surface area contributed by atoms with Gasteiger partial charge in [0.05, 0.1) is 22.6 Å². The second kappa shape index (κ2) is 8.22. The Kier molecular flexibility index (Phi) is 6.29. The molecule has 0 spiro atoms. The Hall–Kier alpha value is -1.98. The zero-order valence-corrected chi connectivity index (χ0v) is 15.6. The largest absolute Gasteiger partial charge is 0.490 e. The van der Waals surface area contributed by atoms with Crippen molar-refractivity contribution in [3.8, 4) is 5.75 Å². The lowest BCUT2D eigenvalue weighted by molar-refractivity contribution is 0.297. The first kappa shape index (κ1) is 18.4. The van der Waals surface area contributed by atoms with E-state index >= 15 is 0 Å². The van der Waals surface area contributed by atoms with E-state index in [1.54, 1.807) is 12.1 Å². The molecule has 1 heterocycles. The summed E-state index contributed by atoms with van der Waals surface area (Å²) in [6.45, 7) is 5.41. The maximum absolute atomic E-state index is 8.40. The molecule has 3 aromatic rings. The number of hydrogen-bond donors (Lipinski definition) is 1. The SMILES string of the molecule is Br.C=CCn1c(=N)n(CCOc2ccccc2Cl)c2ccccc21. The highest BCUT2D eigenvalue weighted by Gasteiger charge is 2.09. The van der Waals surface area contributed by atoms with E-state index in [9.17, 15) is 0 Å². The molecule has 24 heavy (non-hydrogen) atoms. The number of imidazole rings is 1. The molecular formula is C18H19BrClN3O. The molecule has 0 aliphatic heterocycles. The number of allylic oxidation sites excluding steroid dienone is 1. The van der Waals surface area contributed by atoms with E-state index in [4.69, 9.17) is 21.7 Å². The third-order valence-electron chi connectivity index (χ3n) is 3.70. The molecule has 1 N–H and O–H groups in total. The molecule has 0 atom stereocenters. The van der Waals surface area contributed by atoms with Gasteiger partial charge in [0, 0.05) is 6.54 Å². The molecule has 0 saturated carbocycles. The number of rotatable bonds is 6. The second-order valence-corrected chi connectivity index (χ2v) is 5.55. The number of hydrogen-bond acceptors (Lipinski definition) is 2. The lowest BCUT2D eigenvalue weighted by atomic mass is 10.3. The molecule has 0 radical (unpaired) electrons. The summed E-state index contributed by atoms with van der Waals surface area (Å²) in [6, 6.07) is 15.4. The summed E-state index contributed by atoms with van der Waals surface area (Å²) in [5.74, 6) is 0.663. The van der Waals surface area contributed by atoms with Crippen molar-refractivity contribution in [2.45, 2.75) is 13.1 Å². The molecule has 126 valence electrons. The van der Waals surface area contributed by atoms with Crippen LogP contribution in [-0.4, -0.2) is 15.7 Å². The van der Waals surface area contributed by atoms with E-state index in [1.807, 2.05) is 51.6 Å². The number of ether oxygens (including phenoxy) is 1. The Balaban J connectivity index is 0.00000208. The summed E-state index contributed by atoms with van der Waals surface area (Å²) < 4.78 is 9.62. The summed E-state index contributed by atoms with van der Waals surface area (Å²) in [4.78, 5) is 0. The van der Waals surface area contributed by atoms with Crippen molar-refractivity contribution >= 4 is 39.6 Å². The predicted molar refractivity (Wildman–Crippen MR) is 103 cm³/mol. The monoisotopic (exact) mass is 407 g/mol. The fourth-order valence-corrected chi connectivity index (χ4v) is 2.83. The Morgan fingerprint density at radius 3 is 2.33 bits per heavy atom. The number of nitrogens with one attached hydrogen (secondary N) is 1. The molecular weight excluding hydrogens is 390 g/mol. The van der Waals surface area contributed by atoms with Crippen molar-refractivity contribution in [1.29, 1.82) is 5.41 Å². The molecule has 0 saturated heterocycles. The van der Waals surface area contributed by atoms with Crippen molar-refractivity contribution in [2.75, 3.05) is 6.61 Å². The highest BCUT2D eigenvalue weighted by atomic mass is 79.9. The fraction of sp³-hybridized carbons (Fsp3) is 0.167. The van der Waals surface area contributed by atoms with E-state index in [2.05, 4.69) is 6.58 Å². The molecule has 0 amide bonds. The summed E-state index contributed by atoms with van der Waals surface area (Å²) in [7, 11) is 0. The van der Waals surface area contributed by atoms with Gasteiger partial charge in [-0.1, -0.05) is 41.9 Å². The van der Waals surface area contributed by atoms with Gasteiger partial charge in [0.1, 0.15) is 12.4 Å². The summed E-state index contributed by atoms with van der Waals surface area (Å²) in [5.41, 5.74) is 2.48. The maximum Gasteiger partial charge on any atom is 0.203 e. The van der Waals surface area contributed by atoms with Gasteiger partial charge in [-0.25, -0.2) is 0 Å². The highest BCUT2D eigenvalue weighted by Crippen LogP contribution is 2.23. The first-order chi connectivity index (χ1) is 11.2. The minimum Gasteiger partial charge on any atom is -0.490 e. The zero-order chi connectivity index (χ0) is 16.2. The molecule has 0 unspecified atom stereocenters. The van der Waals surface area contributed by atoms with Gasteiger partial charge in [-0.05, 0) is 24.3 Å². The average molecular weight is 409 g/mol. The van der Waals surface area contributed by atoms with E-state index in [-0.39, 0.29) is 17.0 Å². The molecule has 0 aliphatic rings. The Labute approximate surface area is 156 Å². The molecule has 3 rings (SSSR count). The second-order valence-electron chi connectivity index (χ2n) is 5.14. The van der Waals surface area contributed by atoms with Gasteiger partial charge in [-0.3, -0.25) is 5.41 Å². The molecule has 1 aromatic heterocycles. The lowest BCUT2D eigenvalue weighted by Gasteiger charge is -2.09. The van der Waals surface area contributed by atoms with Crippen molar-refractivity contribution in [3.63, 3.8) is 0 Å². The highest BCUT2D eigenvalue weighted by molar-refractivity contribution is 8.93. The van der Waals surface area contributed by atoms with Gasteiger partial charge < -0.3 is 13.9 Å². The van der Waals surface area contributed by atoms with Crippen molar-refractivity contribution in [3.05, 3.63) is 71.8 Å². The number of fused-ring (bicyclic) bond motifs is 1. The quantitative estimate of drug-likeness (QED) is 0.603. The van der Waals surface area contributed by atoms with E-state index < -0.39 is 0 Å². The van der Waals surface area contributed by atoms with Gasteiger partial charge in [-0.15, -0.1) is 23.6 Å². The fourth-order valence-electron chi connectivity index (χ4n) is 2.64. The van der Waals surface area contributed by atoms with Crippen LogP contribution in [0.15, 0.2) is 61.2 Å². The maximum atomic E-state index is 8.40. The van der Waals surface area contributed by atoms with Crippen LogP contribution in [0.2, 0.25) is 5.02 Å². The molecule has 0 aliphatic carbocycles. The van der Waals surface area contributed by atoms with E-state index in [0.29, 0.717) is 36.1 Å². The third-order valence-corrected chi connectivity index (χ3v) is 4.01. The topological polar surface area (TPSA) is 42.9 Å². The van der Waals surface area contributed by atoms with Crippen molar-refractivity contribution < 1.29 is 4.74 Å². The number of para-hydroxylation sites is 3. The Bertz CT molecular complexity index is 901. The lowest BCUT2D eigenvalue weighted by Crippen LogP contribution is -2.26. The minimum atomic E-state index is 0. The van der Waals surface area contributed by atoms with Crippen LogP contribution in [0.3, 0.4) is 0 Å². The number of benzene rings is 2. The zero-order valence-electron chi connectivity index (χ0n) is 13.1. The summed E-state index contributed by atoms with van der Waals surface area (Å²) in [5, 5.41) is 9.00. The van der Waals surface area contributed by atoms with E-state index in [1.165, 1.54) is 0 Å². The number of halogens is 2. The third kappa shape index (κ3) is 3.57. The molecule has 0 bridgehead atoms. The van der Waals surface area contributed by atoms with Gasteiger partial charge in [0.2, 0.25) is 5.62 Å². The predicted octanol–water partition coefficient (Wildman–Crippen LogP) is 4.42. The van der Waals surface area contributed by atoms with Crippen LogP contribution in [0, 0.1) is 5.41 Å². The van der Waals surface area contributed by atoms with Crippen LogP contribution in [0.5, 0.6) is 5.75 Å². The van der Waals surface area contributed by atoms with Crippen molar-refractivity contribution in [2.24, 2.45) is 0 Å². The van der Waals surface area contributed by atoms with Crippen LogP contribution in [0.4, 0.5) is 0 Å². The van der Waals surface area contributed by atoms with Gasteiger partial charge in [-0.2, -0.15) is 0 Å². The first-order valence-electron chi connectivity index (χ1n) is 7.43. The Morgan fingerprint density at radius 1 is 1.04 bits per heavy atom. The average Bonchev–Trinajstić information content (AvgIpc) is 2.83. The van der Waals surface area contributed by atoms with Crippen LogP contribution in [-0.2, 0) is 13.1 Å². The summed E-state index contributed by atoms with van der Waals surface area (Å²) in [6.07, 6.45) is 1.80. The van der Waals surface area contributed by atoms with Crippen LogP contribution in [0.1, 0.15) is 0 Å². The van der Waals surface area contributed by atoms with Gasteiger partial charge in [0.15, 0.2) is 0 Å². The molecule has 6 heteroatoms. The van der Waals surface area contributed by atoms with Crippen LogP contribution in [0.25, 0.3) is 11.0 Å². The van der Waals surface area contributed by atoms with Crippen molar-refractivity contribution in [1.82, 2.24) is 9.13 Å². The summed E-state index contributed by atoms with van der Waals surface area (Å²) >= 11 is 6.09. The standard InChI is InChI=1S/C18H18ClN3O.BrH/c1-2-11-21-15-8-4-5-9-16(15)22(18(21)20)12-13-23-17-10-6-3-7-14(17)19;/h2-10,20H,1,11-13H2;1H. The van der Waals surface area contributed by atoms with Crippen LogP contribution < -0.4 is 10.4 Å². The number of aromatic nitrogens is 2. The number of nitrogens with zero attached hydrogens (tertiary/aromatic N) is 2. The van der Waals surface area contributed by atoms with Gasteiger partial charge >= 0.3 is 0 Å². The van der Waals surface area contributed by atoms with E-state index in [0.717, 1.165) is 11.0 Å².